The molecule has 0 aliphatic rings. The third-order valence-electron chi connectivity index (χ3n) is 2.90. The number of rotatable bonds is 6. The van der Waals surface area contributed by atoms with Crippen LogP contribution in [0.4, 0.5) is 4.39 Å². The van der Waals surface area contributed by atoms with Gasteiger partial charge < -0.3 is 11.1 Å². The van der Waals surface area contributed by atoms with Gasteiger partial charge in [-0.1, -0.05) is 12.1 Å². The molecule has 0 spiro atoms. The van der Waals surface area contributed by atoms with Crippen molar-refractivity contribution in [2.24, 2.45) is 11.7 Å². The van der Waals surface area contributed by atoms with Crippen molar-refractivity contribution in [3.63, 3.8) is 0 Å². The number of nitrogens with one attached hydrogen (secondary N) is 1. The van der Waals surface area contributed by atoms with Crippen molar-refractivity contribution in [3.8, 4) is 0 Å². The summed E-state index contributed by atoms with van der Waals surface area (Å²) >= 11 is 0.924. The Balaban J connectivity index is 1.94. The average molecular weight is 308 g/mol. The number of hydrogen-bond donors (Lipinski definition) is 2. The summed E-state index contributed by atoms with van der Waals surface area (Å²) in [5.74, 6) is -1.87. The number of carbonyl (C=O) groups excluding carboxylic acids is 2. The number of primary amides is 1. The summed E-state index contributed by atoms with van der Waals surface area (Å²) in [6, 6.07) is 5.79. The number of amides is 2. The standard InChI is InChI=1S/C13H13FN4O2S/c14-10-3-1-8(2-4-10)5-9(12(15)19)6-16-13(20)11-7-17-21-18-11/h1-4,7,9H,5-6H2,(H2,15,19)(H,16,20)/t9-/m0/s1. The third kappa shape index (κ3) is 4.32. The van der Waals surface area contributed by atoms with Gasteiger partial charge in [0.25, 0.3) is 5.91 Å². The third-order valence-corrected chi connectivity index (χ3v) is 3.38. The second-order valence-corrected chi connectivity index (χ2v) is 4.99. The van der Waals surface area contributed by atoms with E-state index in [0.717, 1.165) is 17.3 Å². The molecule has 0 saturated heterocycles. The Morgan fingerprint density at radius 3 is 2.62 bits per heavy atom. The number of benzene rings is 1. The van der Waals surface area contributed by atoms with Crippen molar-refractivity contribution in [2.45, 2.75) is 6.42 Å². The van der Waals surface area contributed by atoms with E-state index in [1.807, 2.05) is 0 Å². The molecule has 0 fully saturated rings. The van der Waals surface area contributed by atoms with E-state index in [1.165, 1.54) is 18.3 Å². The van der Waals surface area contributed by atoms with Crippen LogP contribution in [0.15, 0.2) is 30.5 Å². The fourth-order valence-corrected chi connectivity index (χ4v) is 2.16. The summed E-state index contributed by atoms with van der Waals surface area (Å²) in [5, 5.41) is 2.59. The predicted molar refractivity (Wildman–Crippen MR) is 75.0 cm³/mol. The Bertz CT molecular complexity index is 616. The van der Waals surface area contributed by atoms with Crippen LogP contribution < -0.4 is 11.1 Å². The van der Waals surface area contributed by atoms with Gasteiger partial charge in [-0.3, -0.25) is 9.59 Å². The quantitative estimate of drug-likeness (QED) is 0.823. The molecule has 110 valence electrons. The number of hydrogen-bond acceptors (Lipinski definition) is 5. The van der Waals surface area contributed by atoms with Crippen LogP contribution in [-0.2, 0) is 11.2 Å². The topological polar surface area (TPSA) is 98.0 Å². The first-order chi connectivity index (χ1) is 10.1. The van der Waals surface area contributed by atoms with E-state index in [0.29, 0.717) is 6.42 Å². The summed E-state index contributed by atoms with van der Waals surface area (Å²) in [7, 11) is 0. The minimum atomic E-state index is -0.578. The molecule has 1 aromatic heterocycles. The Morgan fingerprint density at radius 2 is 2.05 bits per heavy atom. The summed E-state index contributed by atoms with van der Waals surface area (Å²) in [6.07, 6.45) is 1.67. The van der Waals surface area contributed by atoms with Gasteiger partial charge in [-0.15, -0.1) is 0 Å². The molecule has 1 heterocycles. The second-order valence-electron chi connectivity index (χ2n) is 4.43. The molecule has 6 nitrogen and oxygen atoms in total. The van der Waals surface area contributed by atoms with Gasteiger partial charge in [-0.2, -0.15) is 8.75 Å². The summed E-state index contributed by atoms with van der Waals surface area (Å²) in [5.41, 5.74) is 6.30. The van der Waals surface area contributed by atoms with E-state index in [9.17, 15) is 14.0 Å². The lowest BCUT2D eigenvalue weighted by Crippen LogP contribution is -2.37. The number of nitrogens with zero attached hydrogens (tertiary/aromatic N) is 2. The van der Waals surface area contributed by atoms with Crippen molar-refractivity contribution in [3.05, 3.63) is 47.5 Å². The molecule has 0 aliphatic heterocycles. The minimum absolute atomic E-state index is 0.0864. The Kier molecular flexibility index (Phi) is 4.94. The molecular formula is C13H13FN4O2S. The first kappa shape index (κ1) is 15.0. The van der Waals surface area contributed by atoms with Crippen molar-refractivity contribution >= 4 is 23.5 Å². The molecule has 0 unspecified atom stereocenters. The first-order valence-corrected chi connectivity index (χ1v) is 6.89. The zero-order valence-electron chi connectivity index (χ0n) is 11.0. The van der Waals surface area contributed by atoms with E-state index in [-0.39, 0.29) is 18.1 Å². The largest absolute Gasteiger partial charge is 0.369 e. The van der Waals surface area contributed by atoms with Crippen molar-refractivity contribution < 1.29 is 14.0 Å². The molecule has 2 rings (SSSR count). The van der Waals surface area contributed by atoms with Gasteiger partial charge >= 0.3 is 0 Å². The highest BCUT2D eigenvalue weighted by molar-refractivity contribution is 6.99. The van der Waals surface area contributed by atoms with Gasteiger partial charge in [0.1, 0.15) is 5.82 Å². The number of aromatic nitrogens is 2. The molecule has 2 aromatic rings. The monoisotopic (exact) mass is 308 g/mol. The van der Waals surface area contributed by atoms with Gasteiger partial charge in [0.15, 0.2) is 5.69 Å². The van der Waals surface area contributed by atoms with Crippen LogP contribution in [0.5, 0.6) is 0 Å². The van der Waals surface area contributed by atoms with Gasteiger partial charge in [0.2, 0.25) is 5.91 Å². The lowest BCUT2D eigenvalue weighted by atomic mass is 9.98. The Labute approximate surface area is 124 Å². The van der Waals surface area contributed by atoms with Crippen LogP contribution in [-0.4, -0.2) is 27.1 Å². The average Bonchev–Trinajstić information content (AvgIpc) is 2.99. The number of carbonyl (C=O) groups is 2. The van der Waals surface area contributed by atoms with Crippen LogP contribution in [0.2, 0.25) is 0 Å². The molecule has 2 amide bonds. The van der Waals surface area contributed by atoms with Gasteiger partial charge in [0.05, 0.1) is 23.8 Å². The zero-order chi connectivity index (χ0) is 15.2. The SMILES string of the molecule is NC(=O)[C@H](CNC(=O)c1cnsn1)Cc1ccc(F)cc1. The molecule has 0 aliphatic carbocycles. The molecule has 0 bridgehead atoms. The van der Waals surface area contributed by atoms with E-state index < -0.39 is 17.7 Å². The van der Waals surface area contributed by atoms with Gasteiger partial charge in [-0.25, -0.2) is 4.39 Å². The smallest absolute Gasteiger partial charge is 0.272 e. The van der Waals surface area contributed by atoms with Crippen LogP contribution in [0.3, 0.4) is 0 Å². The fraction of sp³-hybridized carbons (Fsp3) is 0.231. The molecule has 1 atom stereocenters. The lowest BCUT2D eigenvalue weighted by Gasteiger charge is -2.14. The predicted octanol–water partition coefficient (Wildman–Crippen LogP) is 0.751. The summed E-state index contributed by atoms with van der Waals surface area (Å²) < 4.78 is 20.4. The highest BCUT2D eigenvalue weighted by atomic mass is 32.1. The highest BCUT2D eigenvalue weighted by Crippen LogP contribution is 2.10. The van der Waals surface area contributed by atoms with Gasteiger partial charge in [0, 0.05) is 6.54 Å². The van der Waals surface area contributed by atoms with Crippen molar-refractivity contribution in [2.75, 3.05) is 6.54 Å². The van der Waals surface area contributed by atoms with E-state index in [1.54, 1.807) is 12.1 Å². The maximum absolute atomic E-state index is 12.8. The Morgan fingerprint density at radius 1 is 1.33 bits per heavy atom. The van der Waals surface area contributed by atoms with Crippen LogP contribution in [0, 0.1) is 11.7 Å². The minimum Gasteiger partial charge on any atom is -0.369 e. The van der Waals surface area contributed by atoms with E-state index >= 15 is 0 Å². The van der Waals surface area contributed by atoms with Crippen molar-refractivity contribution in [1.82, 2.24) is 14.1 Å². The van der Waals surface area contributed by atoms with Crippen LogP contribution in [0.25, 0.3) is 0 Å². The Hall–Kier alpha value is -2.35. The number of halogens is 1. The molecule has 1 aromatic carbocycles. The molecule has 21 heavy (non-hydrogen) atoms. The number of nitrogens with two attached hydrogens (primary N) is 1. The first-order valence-electron chi connectivity index (χ1n) is 6.16. The molecule has 3 N–H and O–H groups in total. The summed E-state index contributed by atoms with van der Waals surface area (Å²) in [4.78, 5) is 23.2. The van der Waals surface area contributed by atoms with E-state index in [2.05, 4.69) is 14.1 Å². The molecule has 0 saturated carbocycles. The van der Waals surface area contributed by atoms with Gasteiger partial charge in [-0.05, 0) is 24.1 Å². The maximum atomic E-state index is 12.8. The second kappa shape index (κ2) is 6.89. The van der Waals surface area contributed by atoms with E-state index in [4.69, 9.17) is 5.73 Å². The van der Waals surface area contributed by atoms with Crippen molar-refractivity contribution in [1.29, 1.82) is 0 Å². The normalized spacial score (nSPS) is 11.9. The highest BCUT2D eigenvalue weighted by Gasteiger charge is 2.18. The maximum Gasteiger partial charge on any atom is 0.272 e. The zero-order valence-corrected chi connectivity index (χ0v) is 11.8. The lowest BCUT2D eigenvalue weighted by molar-refractivity contribution is -0.121. The summed E-state index contributed by atoms with van der Waals surface area (Å²) in [6.45, 7) is 0.0864. The molecular weight excluding hydrogens is 295 g/mol. The molecule has 0 radical (unpaired) electrons. The van der Waals surface area contributed by atoms with Crippen LogP contribution in [0.1, 0.15) is 16.1 Å². The van der Waals surface area contributed by atoms with Crippen LogP contribution >= 0.6 is 11.7 Å². The fourth-order valence-electron chi connectivity index (χ4n) is 1.75. The molecule has 8 heteroatoms.